The molecule has 16 heavy (non-hydrogen) atoms. The molecule has 4 nitrogen and oxygen atoms in total. The van der Waals surface area contributed by atoms with Crippen molar-refractivity contribution in [1.82, 2.24) is 9.97 Å². The van der Waals surface area contributed by atoms with E-state index in [9.17, 15) is 0 Å². The molecule has 0 spiro atoms. The summed E-state index contributed by atoms with van der Waals surface area (Å²) in [5, 5.41) is 0. The van der Waals surface area contributed by atoms with E-state index in [-0.39, 0.29) is 6.04 Å². The van der Waals surface area contributed by atoms with Gasteiger partial charge in [-0.2, -0.15) is 0 Å². The van der Waals surface area contributed by atoms with Gasteiger partial charge >= 0.3 is 0 Å². The van der Waals surface area contributed by atoms with Gasteiger partial charge in [-0.25, -0.2) is 4.98 Å². The van der Waals surface area contributed by atoms with Gasteiger partial charge in [0, 0.05) is 18.3 Å². The lowest BCUT2D eigenvalue weighted by Gasteiger charge is -2.12. The van der Waals surface area contributed by atoms with Crippen molar-refractivity contribution in [3.8, 4) is 0 Å². The minimum absolute atomic E-state index is 0.0931. The fourth-order valence-corrected chi connectivity index (χ4v) is 2.31. The third-order valence-corrected chi connectivity index (χ3v) is 3.30. The molecular weight excluding hydrogens is 200 g/mol. The lowest BCUT2D eigenvalue weighted by molar-refractivity contribution is 0.637. The van der Waals surface area contributed by atoms with Gasteiger partial charge in [0.1, 0.15) is 11.9 Å². The van der Waals surface area contributed by atoms with Gasteiger partial charge in [0.2, 0.25) is 0 Å². The fraction of sp³-hybridized carbons (Fsp3) is 0.667. The molecule has 88 valence electrons. The summed E-state index contributed by atoms with van der Waals surface area (Å²) < 4.78 is 0. The Kier molecular flexibility index (Phi) is 3.59. The average Bonchev–Trinajstić information content (AvgIpc) is 2.96. The molecule has 1 unspecified atom stereocenters. The van der Waals surface area contributed by atoms with E-state index in [0.717, 1.165) is 18.1 Å². The van der Waals surface area contributed by atoms with E-state index in [4.69, 9.17) is 5.73 Å². The highest BCUT2D eigenvalue weighted by molar-refractivity contribution is 5.83. The maximum atomic E-state index is 6.07. The summed E-state index contributed by atoms with van der Waals surface area (Å²) in [6.45, 7) is 2.11. The van der Waals surface area contributed by atoms with E-state index in [1.165, 1.54) is 25.7 Å². The number of H-pyrrole nitrogens is 1. The first-order chi connectivity index (χ1) is 7.81. The monoisotopic (exact) mass is 220 g/mol. The Labute approximate surface area is 96.4 Å². The first-order valence-corrected chi connectivity index (χ1v) is 6.13. The van der Waals surface area contributed by atoms with Crippen molar-refractivity contribution in [2.75, 3.05) is 0 Å². The van der Waals surface area contributed by atoms with Crippen LogP contribution >= 0.6 is 0 Å². The summed E-state index contributed by atoms with van der Waals surface area (Å²) in [4.78, 5) is 12.0. The van der Waals surface area contributed by atoms with E-state index < -0.39 is 0 Å². The predicted molar refractivity (Wildman–Crippen MR) is 65.2 cm³/mol. The van der Waals surface area contributed by atoms with E-state index in [0.29, 0.717) is 5.92 Å². The van der Waals surface area contributed by atoms with Crippen molar-refractivity contribution in [2.45, 2.75) is 45.1 Å². The third kappa shape index (κ3) is 2.43. The van der Waals surface area contributed by atoms with Gasteiger partial charge in [-0.05, 0) is 19.3 Å². The predicted octanol–water partition coefficient (Wildman–Crippen LogP) is 2.41. The molecule has 1 atom stereocenters. The SMILES string of the molecule is CCC(N=C(N)C1CCCC1)c1ncc[nH]1. The van der Waals surface area contributed by atoms with Crippen molar-refractivity contribution in [1.29, 1.82) is 0 Å². The summed E-state index contributed by atoms with van der Waals surface area (Å²) in [6, 6.07) is 0.0931. The number of amidine groups is 1. The zero-order chi connectivity index (χ0) is 11.4. The Morgan fingerprint density at radius 2 is 2.38 bits per heavy atom. The number of nitrogens with one attached hydrogen (secondary N) is 1. The van der Waals surface area contributed by atoms with Crippen LogP contribution < -0.4 is 5.73 Å². The molecular formula is C12H20N4. The van der Waals surface area contributed by atoms with Crippen molar-refractivity contribution < 1.29 is 0 Å². The molecule has 0 bridgehead atoms. The highest BCUT2D eigenvalue weighted by atomic mass is 15.0. The Balaban J connectivity index is 2.07. The van der Waals surface area contributed by atoms with Gasteiger partial charge in [-0.3, -0.25) is 4.99 Å². The summed E-state index contributed by atoms with van der Waals surface area (Å²) in [7, 11) is 0. The number of imidazole rings is 1. The fourth-order valence-electron chi connectivity index (χ4n) is 2.31. The summed E-state index contributed by atoms with van der Waals surface area (Å²) in [5.74, 6) is 2.24. The molecule has 0 aromatic carbocycles. The first kappa shape index (κ1) is 11.2. The van der Waals surface area contributed by atoms with Crippen LogP contribution in [0.3, 0.4) is 0 Å². The standard InChI is InChI=1S/C12H20N4/c1-2-10(12-14-7-8-15-12)16-11(13)9-5-3-4-6-9/h7-10H,2-6H2,1H3,(H2,13,16)(H,14,15). The largest absolute Gasteiger partial charge is 0.387 e. The molecule has 0 amide bonds. The Bertz CT molecular complexity index is 336. The second kappa shape index (κ2) is 5.14. The minimum Gasteiger partial charge on any atom is -0.387 e. The van der Waals surface area contributed by atoms with Crippen LogP contribution in [0.5, 0.6) is 0 Å². The smallest absolute Gasteiger partial charge is 0.130 e. The number of nitrogens with two attached hydrogens (primary N) is 1. The van der Waals surface area contributed by atoms with Crippen LogP contribution in [-0.2, 0) is 0 Å². The first-order valence-electron chi connectivity index (χ1n) is 6.13. The molecule has 0 aliphatic heterocycles. The van der Waals surface area contributed by atoms with Crippen molar-refractivity contribution >= 4 is 5.84 Å². The topological polar surface area (TPSA) is 67.1 Å². The van der Waals surface area contributed by atoms with E-state index in [1.807, 2.05) is 6.20 Å². The lowest BCUT2D eigenvalue weighted by Crippen LogP contribution is -2.22. The second-order valence-electron chi connectivity index (χ2n) is 4.43. The Morgan fingerprint density at radius 3 is 2.94 bits per heavy atom. The molecule has 4 heteroatoms. The molecule has 0 saturated heterocycles. The Hall–Kier alpha value is -1.32. The molecule has 1 heterocycles. The van der Waals surface area contributed by atoms with Gasteiger partial charge in [-0.1, -0.05) is 19.8 Å². The van der Waals surface area contributed by atoms with E-state index >= 15 is 0 Å². The molecule has 3 N–H and O–H groups in total. The van der Waals surface area contributed by atoms with Crippen molar-refractivity contribution in [2.24, 2.45) is 16.6 Å². The lowest BCUT2D eigenvalue weighted by atomic mass is 10.1. The molecule has 1 saturated carbocycles. The van der Waals surface area contributed by atoms with Crippen molar-refractivity contribution in [3.05, 3.63) is 18.2 Å². The quantitative estimate of drug-likeness (QED) is 0.604. The van der Waals surface area contributed by atoms with Crippen LogP contribution in [-0.4, -0.2) is 15.8 Å². The number of rotatable bonds is 4. The van der Waals surface area contributed by atoms with Crippen LogP contribution in [0.4, 0.5) is 0 Å². The summed E-state index contributed by atoms with van der Waals surface area (Å²) >= 11 is 0. The maximum Gasteiger partial charge on any atom is 0.130 e. The molecule has 2 rings (SSSR count). The van der Waals surface area contributed by atoms with Crippen LogP contribution in [0.25, 0.3) is 0 Å². The minimum atomic E-state index is 0.0931. The third-order valence-electron chi connectivity index (χ3n) is 3.30. The number of nitrogens with zero attached hydrogens (tertiary/aromatic N) is 2. The zero-order valence-corrected chi connectivity index (χ0v) is 9.82. The van der Waals surface area contributed by atoms with Crippen LogP contribution in [0.2, 0.25) is 0 Å². The van der Waals surface area contributed by atoms with Gasteiger partial charge in [0.15, 0.2) is 0 Å². The van der Waals surface area contributed by atoms with E-state index in [1.54, 1.807) is 6.20 Å². The van der Waals surface area contributed by atoms with Gasteiger partial charge < -0.3 is 10.7 Å². The number of aromatic nitrogens is 2. The number of aliphatic imine (C=N–C) groups is 1. The van der Waals surface area contributed by atoms with Crippen LogP contribution in [0.1, 0.15) is 50.9 Å². The second-order valence-corrected chi connectivity index (χ2v) is 4.43. The highest BCUT2D eigenvalue weighted by Gasteiger charge is 2.20. The van der Waals surface area contributed by atoms with Gasteiger partial charge in [-0.15, -0.1) is 0 Å². The number of hydrogen-bond donors (Lipinski definition) is 2. The van der Waals surface area contributed by atoms with Gasteiger partial charge in [0.25, 0.3) is 0 Å². The van der Waals surface area contributed by atoms with Crippen LogP contribution in [0, 0.1) is 5.92 Å². The molecule has 1 fully saturated rings. The molecule has 1 aromatic rings. The highest BCUT2D eigenvalue weighted by Crippen LogP contribution is 2.26. The maximum absolute atomic E-state index is 6.07. The van der Waals surface area contributed by atoms with Gasteiger partial charge in [0.05, 0.1) is 5.84 Å². The Morgan fingerprint density at radius 1 is 1.62 bits per heavy atom. The molecule has 1 aliphatic carbocycles. The molecule has 1 aliphatic rings. The number of aromatic amines is 1. The molecule has 1 aromatic heterocycles. The van der Waals surface area contributed by atoms with Crippen molar-refractivity contribution in [3.63, 3.8) is 0 Å². The summed E-state index contributed by atoms with van der Waals surface area (Å²) in [6.07, 6.45) is 9.50. The normalized spacial score (nSPS) is 20.2. The number of hydrogen-bond acceptors (Lipinski definition) is 2. The average molecular weight is 220 g/mol. The van der Waals surface area contributed by atoms with E-state index in [2.05, 4.69) is 21.9 Å². The van der Waals surface area contributed by atoms with Crippen LogP contribution in [0.15, 0.2) is 17.4 Å². The summed E-state index contributed by atoms with van der Waals surface area (Å²) in [5.41, 5.74) is 6.07. The zero-order valence-electron chi connectivity index (χ0n) is 9.82. The molecule has 0 radical (unpaired) electrons.